The lowest BCUT2D eigenvalue weighted by Gasteiger charge is -2.17. The highest BCUT2D eigenvalue weighted by Crippen LogP contribution is 2.23. The van der Waals surface area contributed by atoms with Crippen molar-refractivity contribution in [3.05, 3.63) is 18.7 Å². The molecular weight excluding hydrogens is 186 g/mol. The molecule has 1 aromatic rings. The van der Waals surface area contributed by atoms with Crippen LogP contribution in [-0.2, 0) is 6.54 Å². The predicted octanol–water partition coefficient (Wildman–Crippen LogP) is 2.05. The van der Waals surface area contributed by atoms with Crippen LogP contribution in [0.3, 0.4) is 0 Å². The summed E-state index contributed by atoms with van der Waals surface area (Å²) in [7, 11) is 0. The smallest absolute Gasteiger partial charge is 0.0946 e. The third kappa shape index (κ3) is 3.34. The summed E-state index contributed by atoms with van der Waals surface area (Å²) >= 11 is 0. The molecule has 84 valence electrons. The second-order valence-electron chi connectivity index (χ2n) is 4.72. The first-order valence-electron chi connectivity index (χ1n) is 6.03. The summed E-state index contributed by atoms with van der Waals surface area (Å²) in [6.45, 7) is 4.46. The van der Waals surface area contributed by atoms with Gasteiger partial charge < -0.3 is 9.88 Å². The lowest BCUT2D eigenvalue weighted by Crippen LogP contribution is -2.33. The summed E-state index contributed by atoms with van der Waals surface area (Å²) in [5.74, 6) is 0.926. The van der Waals surface area contributed by atoms with Crippen LogP contribution in [0.2, 0.25) is 0 Å². The molecule has 0 radical (unpaired) electrons. The highest BCUT2D eigenvalue weighted by Gasteiger charge is 2.15. The summed E-state index contributed by atoms with van der Waals surface area (Å²) in [6, 6.07) is 0.541. The minimum atomic E-state index is 0.541. The van der Waals surface area contributed by atoms with Crippen LogP contribution < -0.4 is 5.32 Å². The maximum atomic E-state index is 4.05. The summed E-state index contributed by atoms with van der Waals surface area (Å²) in [5, 5.41) is 3.61. The van der Waals surface area contributed by atoms with Crippen LogP contribution in [0, 0.1) is 5.92 Å². The third-order valence-corrected chi connectivity index (χ3v) is 3.27. The molecule has 3 heteroatoms. The van der Waals surface area contributed by atoms with Crippen LogP contribution in [-0.4, -0.2) is 22.1 Å². The van der Waals surface area contributed by atoms with E-state index in [0.717, 1.165) is 12.5 Å². The van der Waals surface area contributed by atoms with Crippen LogP contribution in [0.4, 0.5) is 0 Å². The maximum absolute atomic E-state index is 4.05. The molecule has 0 bridgehead atoms. The number of nitrogens with one attached hydrogen (secondary N) is 1. The fraction of sp³-hybridized carbons (Fsp3) is 0.750. The lowest BCUT2D eigenvalue weighted by molar-refractivity contribution is 0.415. The summed E-state index contributed by atoms with van der Waals surface area (Å²) in [6.07, 6.45) is 11.4. The minimum absolute atomic E-state index is 0.541. The Hall–Kier alpha value is -0.830. The van der Waals surface area contributed by atoms with Gasteiger partial charge in [0.1, 0.15) is 0 Å². The molecule has 1 heterocycles. The molecule has 0 saturated heterocycles. The largest absolute Gasteiger partial charge is 0.336 e. The Morgan fingerprint density at radius 3 is 2.93 bits per heavy atom. The van der Waals surface area contributed by atoms with Gasteiger partial charge in [-0.25, -0.2) is 4.98 Å². The SMILES string of the molecule is CC(Cn1ccnc1)NCC1CCCC1. The molecule has 2 rings (SSSR count). The van der Waals surface area contributed by atoms with Crippen molar-refractivity contribution in [1.29, 1.82) is 0 Å². The summed E-state index contributed by atoms with van der Waals surface area (Å²) in [5.41, 5.74) is 0. The topological polar surface area (TPSA) is 29.9 Å². The molecule has 0 aliphatic heterocycles. The zero-order valence-corrected chi connectivity index (χ0v) is 9.52. The van der Waals surface area contributed by atoms with E-state index in [1.54, 1.807) is 0 Å². The fourth-order valence-electron chi connectivity index (χ4n) is 2.36. The van der Waals surface area contributed by atoms with Crippen LogP contribution in [0.1, 0.15) is 32.6 Å². The van der Waals surface area contributed by atoms with Gasteiger partial charge in [0.05, 0.1) is 6.33 Å². The molecule has 1 unspecified atom stereocenters. The van der Waals surface area contributed by atoms with Gasteiger partial charge in [-0.3, -0.25) is 0 Å². The monoisotopic (exact) mass is 207 g/mol. The average Bonchev–Trinajstić information content (AvgIpc) is 2.86. The molecule has 0 amide bonds. The van der Waals surface area contributed by atoms with E-state index in [2.05, 4.69) is 21.8 Å². The standard InChI is InChI=1S/C12H21N3/c1-11(9-15-7-6-13-10-15)14-8-12-4-2-3-5-12/h6-7,10-12,14H,2-5,8-9H2,1H3. The number of nitrogens with zero attached hydrogens (tertiary/aromatic N) is 2. The fourth-order valence-corrected chi connectivity index (χ4v) is 2.36. The second-order valence-corrected chi connectivity index (χ2v) is 4.72. The Morgan fingerprint density at radius 2 is 2.27 bits per heavy atom. The number of hydrogen-bond acceptors (Lipinski definition) is 2. The lowest BCUT2D eigenvalue weighted by atomic mass is 10.1. The van der Waals surface area contributed by atoms with Crippen molar-refractivity contribution in [1.82, 2.24) is 14.9 Å². The number of aromatic nitrogens is 2. The van der Waals surface area contributed by atoms with E-state index in [-0.39, 0.29) is 0 Å². The average molecular weight is 207 g/mol. The number of hydrogen-bond donors (Lipinski definition) is 1. The Balaban J connectivity index is 1.66. The van der Waals surface area contributed by atoms with Gasteiger partial charge in [-0.15, -0.1) is 0 Å². The van der Waals surface area contributed by atoms with E-state index in [1.165, 1.54) is 32.2 Å². The maximum Gasteiger partial charge on any atom is 0.0946 e. The van der Waals surface area contributed by atoms with Gasteiger partial charge >= 0.3 is 0 Å². The van der Waals surface area contributed by atoms with E-state index in [9.17, 15) is 0 Å². The van der Waals surface area contributed by atoms with Gasteiger partial charge in [0, 0.05) is 25.0 Å². The Kier molecular flexibility index (Phi) is 3.78. The van der Waals surface area contributed by atoms with Gasteiger partial charge in [0.15, 0.2) is 0 Å². The van der Waals surface area contributed by atoms with Crippen molar-refractivity contribution in [3.63, 3.8) is 0 Å². The molecule has 15 heavy (non-hydrogen) atoms. The van der Waals surface area contributed by atoms with Gasteiger partial charge in [-0.2, -0.15) is 0 Å². The Labute approximate surface area is 91.9 Å². The van der Waals surface area contributed by atoms with Gasteiger partial charge in [0.25, 0.3) is 0 Å². The van der Waals surface area contributed by atoms with E-state index in [0.29, 0.717) is 6.04 Å². The summed E-state index contributed by atoms with van der Waals surface area (Å²) in [4.78, 5) is 4.05. The Morgan fingerprint density at radius 1 is 1.47 bits per heavy atom. The normalized spacial score (nSPS) is 19.5. The molecule has 0 aromatic carbocycles. The van der Waals surface area contributed by atoms with E-state index in [4.69, 9.17) is 0 Å². The van der Waals surface area contributed by atoms with Gasteiger partial charge in [-0.05, 0) is 32.2 Å². The highest BCUT2D eigenvalue weighted by atomic mass is 15.1. The van der Waals surface area contributed by atoms with Crippen LogP contribution in [0.15, 0.2) is 18.7 Å². The molecule has 1 aliphatic rings. The minimum Gasteiger partial charge on any atom is -0.336 e. The first kappa shape index (κ1) is 10.7. The van der Waals surface area contributed by atoms with Crippen LogP contribution in [0.5, 0.6) is 0 Å². The first-order chi connectivity index (χ1) is 7.34. The molecule has 0 spiro atoms. The predicted molar refractivity (Wildman–Crippen MR) is 61.6 cm³/mol. The van der Waals surface area contributed by atoms with Crippen molar-refractivity contribution in [3.8, 4) is 0 Å². The van der Waals surface area contributed by atoms with Crippen molar-refractivity contribution in [2.45, 2.75) is 45.2 Å². The molecule has 1 N–H and O–H groups in total. The molecule has 1 saturated carbocycles. The van der Waals surface area contributed by atoms with E-state index in [1.807, 2.05) is 18.7 Å². The molecule has 1 atom stereocenters. The molecule has 3 nitrogen and oxygen atoms in total. The summed E-state index contributed by atoms with van der Waals surface area (Å²) < 4.78 is 2.13. The molecule has 1 fully saturated rings. The quantitative estimate of drug-likeness (QED) is 0.801. The zero-order chi connectivity index (χ0) is 10.5. The molecule has 1 aromatic heterocycles. The van der Waals surface area contributed by atoms with E-state index < -0.39 is 0 Å². The van der Waals surface area contributed by atoms with Crippen molar-refractivity contribution < 1.29 is 0 Å². The molecule has 1 aliphatic carbocycles. The third-order valence-electron chi connectivity index (χ3n) is 3.27. The zero-order valence-electron chi connectivity index (χ0n) is 9.52. The Bertz CT molecular complexity index is 262. The van der Waals surface area contributed by atoms with Crippen LogP contribution in [0.25, 0.3) is 0 Å². The van der Waals surface area contributed by atoms with E-state index >= 15 is 0 Å². The number of imidazole rings is 1. The van der Waals surface area contributed by atoms with Gasteiger partial charge in [0.2, 0.25) is 0 Å². The highest BCUT2D eigenvalue weighted by molar-refractivity contribution is 4.77. The van der Waals surface area contributed by atoms with Gasteiger partial charge in [-0.1, -0.05) is 12.8 Å². The first-order valence-corrected chi connectivity index (χ1v) is 6.03. The van der Waals surface area contributed by atoms with Crippen molar-refractivity contribution in [2.75, 3.05) is 6.54 Å². The molecular formula is C12H21N3. The van der Waals surface area contributed by atoms with Crippen molar-refractivity contribution in [2.24, 2.45) is 5.92 Å². The van der Waals surface area contributed by atoms with Crippen molar-refractivity contribution >= 4 is 0 Å². The van der Waals surface area contributed by atoms with Crippen LogP contribution >= 0.6 is 0 Å². The second kappa shape index (κ2) is 5.31. The number of rotatable bonds is 5.